The van der Waals surface area contributed by atoms with E-state index in [9.17, 15) is 4.91 Å². The van der Waals surface area contributed by atoms with E-state index in [2.05, 4.69) is 15.4 Å². The molecule has 1 aromatic heterocycles. The summed E-state index contributed by atoms with van der Waals surface area (Å²) in [7, 11) is 0. The van der Waals surface area contributed by atoms with E-state index in [0.29, 0.717) is 5.69 Å². The van der Waals surface area contributed by atoms with Crippen molar-refractivity contribution in [3.8, 4) is 0 Å². The Hall–Kier alpha value is -1.23. The third kappa shape index (κ3) is 1.11. The van der Waals surface area contributed by atoms with Gasteiger partial charge in [0.1, 0.15) is 0 Å². The third-order valence-corrected chi connectivity index (χ3v) is 0.881. The lowest BCUT2D eigenvalue weighted by Crippen LogP contribution is -1.79. The molecule has 5 heteroatoms. The van der Waals surface area contributed by atoms with Gasteiger partial charge in [-0.1, -0.05) is 0 Å². The molecule has 0 aliphatic rings. The number of aliphatic hydroxyl groups excluding tert-OH is 1. The molecule has 1 heterocycles. The molecule has 0 aliphatic heterocycles. The van der Waals surface area contributed by atoms with Crippen molar-refractivity contribution in [3.63, 3.8) is 0 Å². The summed E-state index contributed by atoms with van der Waals surface area (Å²) < 4.78 is 0. The van der Waals surface area contributed by atoms with Crippen LogP contribution >= 0.6 is 0 Å². The number of nitroso groups, excluding NO2 is 1. The van der Waals surface area contributed by atoms with Crippen LogP contribution < -0.4 is 0 Å². The van der Waals surface area contributed by atoms with E-state index in [0.717, 1.165) is 0 Å². The van der Waals surface area contributed by atoms with Gasteiger partial charge in [-0.15, -0.1) is 4.91 Å². The summed E-state index contributed by atoms with van der Waals surface area (Å²) in [5.74, 6) is 0.0686. The Balaban J connectivity index is 2.86. The largest absolute Gasteiger partial charge is 0.390 e. The highest BCUT2D eigenvalue weighted by Gasteiger charge is 1.96. The van der Waals surface area contributed by atoms with Crippen LogP contribution in [0.3, 0.4) is 0 Å². The average molecular weight is 127 g/mol. The number of nitrogens with zero attached hydrogens (tertiary/aromatic N) is 2. The maximum absolute atomic E-state index is 9.72. The van der Waals surface area contributed by atoms with E-state index < -0.39 is 0 Å². The molecule has 0 aliphatic carbocycles. The lowest BCUT2D eigenvalue weighted by atomic mass is 10.4. The number of H-pyrrole nitrogens is 1. The quantitative estimate of drug-likeness (QED) is 0.561. The van der Waals surface area contributed by atoms with Crippen LogP contribution in [-0.2, 0) is 6.61 Å². The SMILES string of the molecule is O=Nc1cc(CO)[nH]n1. The molecule has 0 spiro atoms. The summed E-state index contributed by atoms with van der Waals surface area (Å²) >= 11 is 0. The van der Waals surface area contributed by atoms with Crippen LogP contribution in [0.5, 0.6) is 0 Å². The second-order valence-corrected chi connectivity index (χ2v) is 1.50. The second-order valence-electron chi connectivity index (χ2n) is 1.50. The number of aromatic nitrogens is 2. The molecular formula is C4H5N3O2. The van der Waals surface area contributed by atoms with Crippen molar-refractivity contribution in [3.05, 3.63) is 16.7 Å². The Bertz CT molecular complexity index is 207. The molecule has 48 valence electrons. The number of nitrogens with one attached hydrogen (secondary N) is 1. The molecule has 1 rings (SSSR count). The summed E-state index contributed by atoms with van der Waals surface area (Å²) in [6.07, 6.45) is 0. The first kappa shape index (κ1) is 5.90. The van der Waals surface area contributed by atoms with Crippen molar-refractivity contribution < 1.29 is 5.11 Å². The molecule has 5 nitrogen and oxygen atoms in total. The van der Waals surface area contributed by atoms with E-state index in [-0.39, 0.29) is 12.4 Å². The summed E-state index contributed by atoms with van der Waals surface area (Å²) in [5.41, 5.74) is 0.490. The van der Waals surface area contributed by atoms with Crippen molar-refractivity contribution in [2.45, 2.75) is 6.61 Å². The van der Waals surface area contributed by atoms with Crippen molar-refractivity contribution in [2.24, 2.45) is 5.18 Å². The van der Waals surface area contributed by atoms with Crippen molar-refractivity contribution in [1.82, 2.24) is 10.2 Å². The standard InChI is InChI=1S/C4H5N3O2/c8-2-3-1-4(7-9)6-5-3/h1,8H,2H2,(H,5,6). The van der Waals surface area contributed by atoms with Crippen LogP contribution in [0.1, 0.15) is 5.69 Å². The second kappa shape index (κ2) is 2.36. The minimum absolute atomic E-state index is 0.0686. The first-order valence-corrected chi connectivity index (χ1v) is 2.35. The van der Waals surface area contributed by atoms with Crippen molar-refractivity contribution in [1.29, 1.82) is 0 Å². The maximum Gasteiger partial charge on any atom is 0.217 e. The van der Waals surface area contributed by atoms with Gasteiger partial charge in [-0.05, 0) is 5.18 Å². The van der Waals surface area contributed by atoms with Crippen molar-refractivity contribution >= 4 is 5.82 Å². The van der Waals surface area contributed by atoms with Crippen LogP contribution in [0.15, 0.2) is 11.2 Å². The van der Waals surface area contributed by atoms with Gasteiger partial charge in [-0.2, -0.15) is 5.10 Å². The van der Waals surface area contributed by atoms with E-state index in [1.54, 1.807) is 0 Å². The summed E-state index contributed by atoms with van der Waals surface area (Å²) in [6, 6.07) is 1.38. The fourth-order valence-corrected chi connectivity index (χ4v) is 0.477. The molecule has 0 radical (unpaired) electrons. The Labute approximate surface area is 50.7 Å². The zero-order valence-electron chi connectivity index (χ0n) is 4.53. The Morgan fingerprint density at radius 3 is 3.00 bits per heavy atom. The average Bonchev–Trinajstić information content (AvgIpc) is 2.34. The Morgan fingerprint density at radius 1 is 1.89 bits per heavy atom. The van der Waals surface area contributed by atoms with Crippen molar-refractivity contribution in [2.75, 3.05) is 0 Å². The van der Waals surface area contributed by atoms with E-state index in [1.165, 1.54) is 6.07 Å². The zero-order chi connectivity index (χ0) is 6.69. The molecule has 0 saturated heterocycles. The highest BCUT2D eigenvalue weighted by Crippen LogP contribution is 2.06. The van der Waals surface area contributed by atoms with Crippen LogP contribution in [-0.4, -0.2) is 15.3 Å². The highest BCUT2D eigenvalue weighted by molar-refractivity contribution is 5.26. The van der Waals surface area contributed by atoms with Gasteiger partial charge in [0.2, 0.25) is 5.82 Å². The van der Waals surface area contributed by atoms with Crippen LogP contribution in [0.25, 0.3) is 0 Å². The fraction of sp³-hybridized carbons (Fsp3) is 0.250. The monoisotopic (exact) mass is 127 g/mol. The topological polar surface area (TPSA) is 78.3 Å². The first-order valence-electron chi connectivity index (χ1n) is 2.35. The molecule has 0 aromatic carbocycles. The number of aromatic amines is 1. The highest BCUT2D eigenvalue weighted by atomic mass is 16.3. The van der Waals surface area contributed by atoms with Gasteiger partial charge < -0.3 is 5.11 Å². The fourth-order valence-electron chi connectivity index (χ4n) is 0.477. The lowest BCUT2D eigenvalue weighted by Gasteiger charge is -1.79. The minimum atomic E-state index is -0.150. The predicted octanol–water partition coefficient (Wildman–Crippen LogP) is 0.300. The van der Waals surface area contributed by atoms with Crippen LogP contribution in [0.2, 0.25) is 0 Å². The van der Waals surface area contributed by atoms with Gasteiger partial charge in [0, 0.05) is 6.07 Å². The Kier molecular flexibility index (Phi) is 1.55. The molecule has 9 heavy (non-hydrogen) atoms. The molecule has 1 aromatic rings. The molecule has 2 N–H and O–H groups in total. The smallest absolute Gasteiger partial charge is 0.217 e. The van der Waals surface area contributed by atoms with Gasteiger partial charge in [0.25, 0.3) is 0 Å². The van der Waals surface area contributed by atoms with Gasteiger partial charge in [0.15, 0.2) is 0 Å². The zero-order valence-corrected chi connectivity index (χ0v) is 4.53. The molecule has 0 unspecified atom stereocenters. The van der Waals surface area contributed by atoms with Gasteiger partial charge in [-0.3, -0.25) is 5.10 Å². The molecule has 0 atom stereocenters. The molecule has 0 amide bonds. The number of hydrogen-bond donors (Lipinski definition) is 2. The van der Waals surface area contributed by atoms with E-state index in [1.807, 2.05) is 0 Å². The third-order valence-electron chi connectivity index (χ3n) is 0.881. The van der Waals surface area contributed by atoms with E-state index in [4.69, 9.17) is 5.11 Å². The normalized spacial score (nSPS) is 9.44. The van der Waals surface area contributed by atoms with Gasteiger partial charge >= 0.3 is 0 Å². The molecular weight excluding hydrogens is 122 g/mol. The van der Waals surface area contributed by atoms with E-state index >= 15 is 0 Å². The van der Waals surface area contributed by atoms with Crippen LogP contribution in [0.4, 0.5) is 5.82 Å². The van der Waals surface area contributed by atoms with Gasteiger partial charge in [-0.25, -0.2) is 0 Å². The molecule has 0 saturated carbocycles. The lowest BCUT2D eigenvalue weighted by molar-refractivity contribution is 0.276. The summed E-state index contributed by atoms with van der Waals surface area (Å²) in [4.78, 5) is 9.72. The first-order chi connectivity index (χ1) is 4.36. The predicted molar refractivity (Wildman–Crippen MR) is 30.0 cm³/mol. The van der Waals surface area contributed by atoms with Crippen LogP contribution in [0, 0.1) is 4.91 Å². The number of hydrogen-bond acceptors (Lipinski definition) is 4. The minimum Gasteiger partial charge on any atom is -0.390 e. The molecule has 0 bridgehead atoms. The summed E-state index contributed by atoms with van der Waals surface area (Å²) in [6.45, 7) is -0.150. The number of aliphatic hydroxyl groups is 1. The summed E-state index contributed by atoms with van der Waals surface area (Å²) in [5, 5.41) is 16.8. The Morgan fingerprint density at radius 2 is 2.67 bits per heavy atom. The van der Waals surface area contributed by atoms with Gasteiger partial charge in [0.05, 0.1) is 12.3 Å². The maximum atomic E-state index is 9.72. The molecule has 0 fully saturated rings. The number of rotatable bonds is 2.